The molecule has 1 aliphatic rings. The maximum absolute atomic E-state index is 11.8. The van der Waals surface area contributed by atoms with Crippen LogP contribution in [0.1, 0.15) is 18.7 Å². The molecule has 11 heteroatoms. The van der Waals surface area contributed by atoms with E-state index in [2.05, 4.69) is 20.2 Å². The van der Waals surface area contributed by atoms with E-state index in [1.807, 2.05) is 30.3 Å². The zero-order valence-electron chi connectivity index (χ0n) is 21.7. The Morgan fingerprint density at radius 2 is 1.87 bits per heavy atom. The van der Waals surface area contributed by atoms with Crippen LogP contribution in [-0.2, 0) is 16.3 Å². The minimum absolute atomic E-state index is 0.219. The van der Waals surface area contributed by atoms with Gasteiger partial charge in [-0.15, -0.1) is 5.10 Å². The second-order valence-corrected chi connectivity index (χ2v) is 12.2. The largest absolute Gasteiger partial charge is 0.395 e. The summed E-state index contributed by atoms with van der Waals surface area (Å²) in [4.78, 5) is 15.4. The number of aromatic amines is 1. The Morgan fingerprint density at radius 3 is 2.62 bits per heavy atom. The van der Waals surface area contributed by atoms with Gasteiger partial charge in [0.2, 0.25) is 5.95 Å². The Kier molecular flexibility index (Phi) is 6.79. The molecule has 6 rings (SSSR count). The Hall–Kier alpha value is -3.80. The van der Waals surface area contributed by atoms with Crippen LogP contribution in [0, 0.1) is 5.92 Å². The van der Waals surface area contributed by atoms with Crippen LogP contribution in [0.3, 0.4) is 0 Å². The predicted molar refractivity (Wildman–Crippen MR) is 151 cm³/mol. The van der Waals surface area contributed by atoms with Crippen molar-refractivity contribution >= 4 is 38.0 Å². The highest BCUT2D eigenvalue weighted by Gasteiger charge is 2.20. The first kappa shape index (κ1) is 25.5. The van der Waals surface area contributed by atoms with Gasteiger partial charge >= 0.3 is 0 Å². The first-order valence-electron chi connectivity index (χ1n) is 13.1. The number of likely N-dealkylation sites (tertiary alicyclic amines) is 1. The van der Waals surface area contributed by atoms with Crippen molar-refractivity contribution in [3.8, 4) is 11.3 Å². The summed E-state index contributed by atoms with van der Waals surface area (Å²) in [6.45, 7) is 3.03. The Balaban J connectivity index is 1.18. The molecule has 0 unspecified atom stereocenters. The molecule has 10 nitrogen and oxygen atoms in total. The van der Waals surface area contributed by atoms with Crippen molar-refractivity contribution in [3.05, 3.63) is 66.6 Å². The minimum atomic E-state index is -3.26. The number of anilines is 2. The number of nitrogens with zero attached hydrogens (tertiary/aromatic N) is 5. The molecule has 202 valence electrons. The lowest BCUT2D eigenvalue weighted by molar-refractivity contribution is 0.147. The number of aromatic nitrogens is 5. The maximum atomic E-state index is 11.8. The van der Waals surface area contributed by atoms with Gasteiger partial charge in [-0.25, -0.2) is 22.9 Å². The van der Waals surface area contributed by atoms with Crippen LogP contribution >= 0.6 is 0 Å². The van der Waals surface area contributed by atoms with Gasteiger partial charge < -0.3 is 20.3 Å². The molecular formula is C28H31N7O3S. The van der Waals surface area contributed by atoms with E-state index in [-0.39, 0.29) is 11.5 Å². The number of hydrogen-bond donors (Lipinski definition) is 3. The van der Waals surface area contributed by atoms with E-state index >= 15 is 0 Å². The number of aliphatic hydroxyl groups excluding tert-OH is 1. The summed E-state index contributed by atoms with van der Waals surface area (Å²) in [5.41, 5.74) is 5.26. The highest BCUT2D eigenvalue weighted by Crippen LogP contribution is 2.26. The Morgan fingerprint density at radius 1 is 1.08 bits per heavy atom. The van der Waals surface area contributed by atoms with Crippen LogP contribution in [0.15, 0.2) is 65.7 Å². The van der Waals surface area contributed by atoms with Gasteiger partial charge in [0.15, 0.2) is 9.84 Å². The van der Waals surface area contributed by atoms with E-state index < -0.39 is 9.84 Å². The highest BCUT2D eigenvalue weighted by molar-refractivity contribution is 7.90. The number of imidazole rings is 1. The van der Waals surface area contributed by atoms with Gasteiger partial charge in [-0.05, 0) is 74.3 Å². The lowest BCUT2D eigenvalue weighted by Crippen LogP contribution is -2.36. The maximum Gasteiger partial charge on any atom is 0.245 e. The molecule has 0 atom stereocenters. The van der Waals surface area contributed by atoms with Crippen molar-refractivity contribution in [2.45, 2.75) is 24.2 Å². The van der Waals surface area contributed by atoms with Crippen molar-refractivity contribution in [2.75, 3.05) is 37.8 Å². The smallest absolute Gasteiger partial charge is 0.245 e. The monoisotopic (exact) mass is 545 g/mol. The molecule has 0 aliphatic carbocycles. The topological polar surface area (TPSA) is 129 Å². The van der Waals surface area contributed by atoms with Gasteiger partial charge in [0.05, 0.1) is 39.9 Å². The summed E-state index contributed by atoms with van der Waals surface area (Å²) in [7, 11) is -3.26. The van der Waals surface area contributed by atoms with Gasteiger partial charge in [-0.3, -0.25) is 0 Å². The molecule has 2 aromatic carbocycles. The van der Waals surface area contributed by atoms with Crippen LogP contribution in [0.4, 0.5) is 11.6 Å². The van der Waals surface area contributed by atoms with Gasteiger partial charge in [0, 0.05) is 30.5 Å². The Bertz CT molecular complexity index is 1720. The minimum Gasteiger partial charge on any atom is -0.395 e. The van der Waals surface area contributed by atoms with Gasteiger partial charge in [0.1, 0.15) is 5.82 Å². The molecule has 3 aromatic heterocycles. The molecule has 0 spiro atoms. The zero-order chi connectivity index (χ0) is 27.0. The number of H-pyrrole nitrogens is 1. The van der Waals surface area contributed by atoms with E-state index in [0.29, 0.717) is 11.9 Å². The molecule has 1 saturated heterocycles. The summed E-state index contributed by atoms with van der Waals surface area (Å²) in [6.07, 6.45) is 6.11. The Labute approximate surface area is 226 Å². The number of benzene rings is 2. The molecule has 0 amide bonds. The molecule has 0 radical (unpaired) electrons. The normalized spacial score (nSPS) is 15.3. The van der Waals surface area contributed by atoms with Crippen molar-refractivity contribution in [1.29, 1.82) is 0 Å². The van der Waals surface area contributed by atoms with Crippen molar-refractivity contribution < 1.29 is 13.5 Å². The van der Waals surface area contributed by atoms with Crippen LogP contribution in [0.5, 0.6) is 0 Å². The van der Waals surface area contributed by atoms with E-state index in [9.17, 15) is 8.42 Å². The first-order chi connectivity index (χ1) is 18.9. The number of sulfone groups is 1. The summed E-state index contributed by atoms with van der Waals surface area (Å²) in [6, 6.07) is 16.6. The van der Waals surface area contributed by atoms with E-state index in [1.54, 1.807) is 35.0 Å². The van der Waals surface area contributed by atoms with Crippen molar-refractivity contribution in [3.63, 3.8) is 0 Å². The number of piperidine rings is 1. The number of rotatable bonds is 8. The molecule has 5 aromatic rings. The van der Waals surface area contributed by atoms with E-state index in [0.717, 1.165) is 78.2 Å². The fourth-order valence-corrected chi connectivity index (χ4v) is 5.88. The highest BCUT2D eigenvalue weighted by atomic mass is 32.2. The second kappa shape index (κ2) is 10.4. The van der Waals surface area contributed by atoms with Crippen molar-refractivity contribution in [1.82, 2.24) is 29.5 Å². The standard InChI is InChI=1S/C28H31N7O3S/c1-39(37,38)23-6-2-20(3-7-23)26-9-5-22-18-29-28(33-35(22)26)30-21-4-8-24-25(17-21)32-27(31-24)16-19-10-12-34(13-11-19)14-15-36/h2-9,17-19,36H,10-16H2,1H3,(H,30,33)(H,31,32). The number of fused-ring (bicyclic) bond motifs is 2. The molecule has 0 bridgehead atoms. The third-order valence-corrected chi connectivity index (χ3v) is 8.50. The average molecular weight is 546 g/mol. The third kappa shape index (κ3) is 5.51. The number of β-amino-alcohol motifs (C(OH)–C–C–N with tert-alkyl or cyclic N) is 1. The van der Waals surface area contributed by atoms with Crippen molar-refractivity contribution in [2.24, 2.45) is 5.92 Å². The molecule has 39 heavy (non-hydrogen) atoms. The third-order valence-electron chi connectivity index (χ3n) is 7.37. The molecular weight excluding hydrogens is 514 g/mol. The van der Waals surface area contributed by atoms with Crippen LogP contribution in [0.2, 0.25) is 0 Å². The van der Waals surface area contributed by atoms with Gasteiger partial charge in [-0.2, -0.15) is 0 Å². The summed E-state index contributed by atoms with van der Waals surface area (Å²) in [5, 5.41) is 17.1. The van der Waals surface area contributed by atoms with Crippen LogP contribution in [-0.4, -0.2) is 75.5 Å². The van der Waals surface area contributed by atoms with E-state index in [1.165, 1.54) is 6.26 Å². The predicted octanol–water partition coefficient (Wildman–Crippen LogP) is 3.67. The summed E-state index contributed by atoms with van der Waals surface area (Å²) in [5.74, 6) is 2.04. The van der Waals surface area contributed by atoms with E-state index in [4.69, 9.17) is 15.2 Å². The fourth-order valence-electron chi connectivity index (χ4n) is 5.25. The molecule has 0 saturated carbocycles. The number of aliphatic hydroxyl groups is 1. The SMILES string of the molecule is CS(=O)(=O)c1ccc(-c2ccc3cnc(Nc4ccc5nc(CC6CCN(CCO)CC6)[nH]c5c4)nn23)cc1. The molecule has 3 N–H and O–H groups in total. The average Bonchev–Trinajstić information content (AvgIpc) is 3.52. The quantitative estimate of drug-likeness (QED) is 0.269. The zero-order valence-corrected chi connectivity index (χ0v) is 22.5. The van der Waals surface area contributed by atoms with Crippen LogP contribution < -0.4 is 5.32 Å². The van der Waals surface area contributed by atoms with Gasteiger partial charge in [-0.1, -0.05) is 12.1 Å². The first-order valence-corrected chi connectivity index (χ1v) is 15.0. The fraction of sp³-hybridized carbons (Fsp3) is 0.321. The number of nitrogens with one attached hydrogen (secondary N) is 2. The number of hydrogen-bond acceptors (Lipinski definition) is 8. The van der Waals surface area contributed by atoms with Crippen LogP contribution in [0.25, 0.3) is 27.8 Å². The molecule has 1 fully saturated rings. The summed E-state index contributed by atoms with van der Waals surface area (Å²) < 4.78 is 25.4. The second-order valence-electron chi connectivity index (χ2n) is 10.2. The summed E-state index contributed by atoms with van der Waals surface area (Å²) >= 11 is 0. The molecule has 1 aliphatic heterocycles. The molecule has 4 heterocycles. The lowest BCUT2D eigenvalue weighted by Gasteiger charge is -2.31. The lowest BCUT2D eigenvalue weighted by atomic mass is 9.93. The van der Waals surface area contributed by atoms with Gasteiger partial charge in [0.25, 0.3) is 0 Å².